The van der Waals surface area contributed by atoms with Crippen LogP contribution in [0, 0.1) is 0 Å². The molecule has 1 saturated heterocycles. The van der Waals surface area contributed by atoms with E-state index in [1.807, 2.05) is 42.5 Å². The Morgan fingerprint density at radius 3 is 2.03 bits per heavy atom. The fourth-order valence-corrected chi connectivity index (χ4v) is 5.25. The van der Waals surface area contributed by atoms with Gasteiger partial charge in [0.05, 0.1) is 0 Å². The largest absolute Gasteiger partial charge is 0.446 e. The van der Waals surface area contributed by atoms with Gasteiger partial charge in [0.25, 0.3) is 0 Å². The summed E-state index contributed by atoms with van der Waals surface area (Å²) in [6, 6.07) is 38.6. The van der Waals surface area contributed by atoms with Gasteiger partial charge in [-0.1, -0.05) is 110 Å². The van der Waals surface area contributed by atoms with Gasteiger partial charge in [-0.15, -0.1) is 0 Å². The van der Waals surface area contributed by atoms with E-state index in [0.717, 1.165) is 36.3 Å². The average Bonchev–Trinajstić information content (AvgIpc) is 3.38. The second-order valence-electron chi connectivity index (χ2n) is 10.00. The highest BCUT2D eigenvalue weighted by molar-refractivity contribution is 5.94. The topological polar surface area (TPSA) is 49.9 Å². The first-order chi connectivity index (χ1) is 19.1. The van der Waals surface area contributed by atoms with E-state index >= 15 is 0 Å². The van der Waals surface area contributed by atoms with Crippen LogP contribution in [0.3, 0.4) is 0 Å². The molecule has 4 aromatic rings. The lowest BCUT2D eigenvalue weighted by atomic mass is 9.91. The molecule has 2 amide bonds. The number of anilines is 1. The molecule has 1 heterocycles. The highest BCUT2D eigenvalue weighted by Gasteiger charge is 2.39. The molecule has 0 unspecified atom stereocenters. The van der Waals surface area contributed by atoms with Gasteiger partial charge >= 0.3 is 6.09 Å². The van der Waals surface area contributed by atoms with Gasteiger partial charge in [0, 0.05) is 25.2 Å². The maximum absolute atomic E-state index is 13.5. The molecule has 198 valence electrons. The smallest absolute Gasteiger partial charge is 0.417 e. The van der Waals surface area contributed by atoms with Crippen molar-refractivity contribution in [3.05, 3.63) is 138 Å². The van der Waals surface area contributed by atoms with Crippen molar-refractivity contribution >= 4 is 17.7 Å². The van der Waals surface area contributed by atoms with Crippen molar-refractivity contribution in [3.8, 4) is 0 Å². The molecule has 0 saturated carbocycles. The third-order valence-corrected chi connectivity index (χ3v) is 7.38. The fourth-order valence-electron chi connectivity index (χ4n) is 5.25. The van der Waals surface area contributed by atoms with Crippen LogP contribution in [0.1, 0.15) is 54.0 Å². The van der Waals surface area contributed by atoms with Gasteiger partial charge in [-0.25, -0.2) is 9.69 Å². The summed E-state index contributed by atoms with van der Waals surface area (Å²) in [5.41, 5.74) is 5.58. The molecule has 39 heavy (non-hydrogen) atoms. The third kappa shape index (κ3) is 6.37. The SMILES string of the molecule is CC[C@@H](CC(=O)N1C(=O)OC[C@H]1c1ccccc1)c1cccc(N(Cc2ccccc2)Cc2ccccc2)c1. The van der Waals surface area contributed by atoms with Crippen molar-refractivity contribution in [1.29, 1.82) is 0 Å². The van der Waals surface area contributed by atoms with Gasteiger partial charge in [-0.3, -0.25) is 4.79 Å². The Hall–Kier alpha value is -4.38. The number of ether oxygens (including phenoxy) is 1. The summed E-state index contributed by atoms with van der Waals surface area (Å²) in [6.45, 7) is 3.82. The molecule has 5 rings (SSSR count). The Kier molecular flexibility index (Phi) is 8.37. The van der Waals surface area contributed by atoms with Gasteiger partial charge in [-0.05, 0) is 46.7 Å². The summed E-state index contributed by atoms with van der Waals surface area (Å²) in [5.74, 6) is -0.216. The minimum atomic E-state index is -0.561. The second-order valence-corrected chi connectivity index (χ2v) is 10.00. The molecular weight excluding hydrogens is 484 g/mol. The first-order valence-corrected chi connectivity index (χ1v) is 13.6. The number of carbonyl (C=O) groups excluding carboxylic acids is 2. The zero-order chi connectivity index (χ0) is 27.0. The van der Waals surface area contributed by atoms with E-state index in [1.54, 1.807) is 0 Å². The number of hydrogen-bond donors (Lipinski definition) is 0. The van der Waals surface area contributed by atoms with Crippen molar-refractivity contribution in [3.63, 3.8) is 0 Å². The minimum absolute atomic E-state index is 0.0161. The zero-order valence-electron chi connectivity index (χ0n) is 22.3. The normalized spacial score (nSPS) is 15.6. The molecule has 1 aliphatic heterocycles. The molecule has 5 heteroatoms. The number of hydrogen-bond acceptors (Lipinski definition) is 4. The van der Waals surface area contributed by atoms with Crippen LogP contribution < -0.4 is 4.90 Å². The van der Waals surface area contributed by atoms with Gasteiger partial charge < -0.3 is 9.64 Å². The minimum Gasteiger partial charge on any atom is -0.446 e. The number of nitrogens with zero attached hydrogens (tertiary/aromatic N) is 2. The van der Waals surface area contributed by atoms with E-state index in [-0.39, 0.29) is 30.9 Å². The van der Waals surface area contributed by atoms with Gasteiger partial charge in [0.15, 0.2) is 0 Å². The highest BCUT2D eigenvalue weighted by Crippen LogP contribution is 2.33. The third-order valence-electron chi connectivity index (χ3n) is 7.38. The lowest BCUT2D eigenvalue weighted by Gasteiger charge is -2.27. The molecule has 1 aliphatic rings. The van der Waals surface area contributed by atoms with E-state index in [4.69, 9.17) is 4.74 Å². The number of rotatable bonds is 10. The predicted molar refractivity (Wildman–Crippen MR) is 154 cm³/mol. The Balaban J connectivity index is 1.37. The van der Waals surface area contributed by atoms with Crippen LogP contribution >= 0.6 is 0 Å². The van der Waals surface area contributed by atoms with Crippen LogP contribution in [0.15, 0.2) is 115 Å². The van der Waals surface area contributed by atoms with Crippen molar-refractivity contribution in [2.75, 3.05) is 11.5 Å². The second kappa shape index (κ2) is 12.4. The number of imide groups is 1. The maximum Gasteiger partial charge on any atom is 0.417 e. The molecular formula is C34H34N2O3. The van der Waals surface area contributed by atoms with E-state index in [0.29, 0.717) is 0 Å². The summed E-state index contributed by atoms with van der Waals surface area (Å²) in [4.78, 5) is 29.7. The van der Waals surface area contributed by atoms with Crippen molar-refractivity contribution in [1.82, 2.24) is 4.90 Å². The van der Waals surface area contributed by atoms with Crippen molar-refractivity contribution < 1.29 is 14.3 Å². The van der Waals surface area contributed by atoms with Crippen LogP contribution in [-0.4, -0.2) is 23.5 Å². The molecule has 1 fully saturated rings. The molecule has 0 N–H and O–H groups in total. The monoisotopic (exact) mass is 518 g/mol. The highest BCUT2D eigenvalue weighted by atomic mass is 16.6. The fraction of sp³-hybridized carbons (Fsp3) is 0.235. The average molecular weight is 519 g/mol. The molecule has 0 aromatic heterocycles. The van der Waals surface area contributed by atoms with Crippen molar-refractivity contribution in [2.24, 2.45) is 0 Å². The summed E-state index contributed by atoms with van der Waals surface area (Å²) >= 11 is 0. The Bertz CT molecular complexity index is 1330. The Morgan fingerprint density at radius 1 is 0.846 bits per heavy atom. The molecule has 4 aromatic carbocycles. The number of cyclic esters (lactones) is 1. The first kappa shape index (κ1) is 26.2. The van der Waals surface area contributed by atoms with E-state index < -0.39 is 6.09 Å². The summed E-state index contributed by atoms with van der Waals surface area (Å²) < 4.78 is 5.30. The first-order valence-electron chi connectivity index (χ1n) is 13.6. The standard InChI is InChI=1S/C34H34N2O3/c1-2-28(22-33(37)36-32(25-39-34(36)38)29-17-10-5-11-18-29)30-19-12-20-31(21-30)35(23-26-13-6-3-7-14-26)24-27-15-8-4-9-16-27/h3-21,28,32H,2,22-25H2,1H3/t28-,32-/m0/s1. The summed E-state index contributed by atoms with van der Waals surface area (Å²) in [5, 5.41) is 0. The van der Waals surface area contributed by atoms with Gasteiger partial charge in [0.2, 0.25) is 5.91 Å². The van der Waals surface area contributed by atoms with Gasteiger partial charge in [-0.2, -0.15) is 0 Å². The number of amides is 2. The van der Waals surface area contributed by atoms with Crippen LogP contribution in [0.5, 0.6) is 0 Å². The molecule has 5 nitrogen and oxygen atoms in total. The predicted octanol–water partition coefficient (Wildman–Crippen LogP) is 7.50. The van der Waals surface area contributed by atoms with Gasteiger partial charge in [0.1, 0.15) is 12.6 Å². The number of benzene rings is 4. The Labute approximate surface area is 230 Å². The van der Waals surface area contributed by atoms with E-state index in [1.165, 1.54) is 16.0 Å². The summed E-state index contributed by atoms with van der Waals surface area (Å²) in [6.07, 6.45) is 0.468. The van der Waals surface area contributed by atoms with Crippen LogP contribution in [0.4, 0.5) is 10.5 Å². The van der Waals surface area contributed by atoms with Crippen molar-refractivity contribution in [2.45, 2.75) is 44.8 Å². The maximum atomic E-state index is 13.5. The van der Waals surface area contributed by atoms with Crippen LogP contribution in [-0.2, 0) is 22.6 Å². The zero-order valence-corrected chi connectivity index (χ0v) is 22.3. The van der Waals surface area contributed by atoms with E-state index in [9.17, 15) is 9.59 Å². The molecule has 0 aliphatic carbocycles. The molecule has 2 atom stereocenters. The Morgan fingerprint density at radius 2 is 1.44 bits per heavy atom. The van der Waals surface area contributed by atoms with Crippen LogP contribution in [0.25, 0.3) is 0 Å². The van der Waals surface area contributed by atoms with E-state index in [2.05, 4.69) is 84.6 Å². The lowest BCUT2D eigenvalue weighted by Crippen LogP contribution is -2.35. The lowest BCUT2D eigenvalue weighted by molar-refractivity contribution is -0.129. The molecule has 0 bridgehead atoms. The molecule has 0 radical (unpaired) electrons. The molecule has 0 spiro atoms. The summed E-state index contributed by atoms with van der Waals surface area (Å²) in [7, 11) is 0. The quantitative estimate of drug-likeness (QED) is 0.218. The van der Waals surface area contributed by atoms with Crippen LogP contribution in [0.2, 0.25) is 0 Å². The number of carbonyl (C=O) groups is 2.